The van der Waals surface area contributed by atoms with Crippen LogP contribution in [0, 0.1) is 0 Å². The highest BCUT2D eigenvalue weighted by molar-refractivity contribution is 5.92. The van der Waals surface area contributed by atoms with E-state index in [4.69, 9.17) is 4.74 Å². The van der Waals surface area contributed by atoms with Crippen LogP contribution in [0.1, 0.15) is 56.9 Å². The zero-order valence-electron chi connectivity index (χ0n) is 15.3. The highest BCUT2D eigenvalue weighted by Crippen LogP contribution is 2.24. The first kappa shape index (κ1) is 18.4. The van der Waals surface area contributed by atoms with E-state index in [1.165, 1.54) is 0 Å². The second-order valence-corrected chi connectivity index (χ2v) is 7.57. The van der Waals surface area contributed by atoms with E-state index < -0.39 is 5.60 Å². The Kier molecular flexibility index (Phi) is 5.57. The van der Waals surface area contributed by atoms with E-state index in [-0.39, 0.29) is 24.1 Å². The van der Waals surface area contributed by atoms with Crippen LogP contribution < -0.4 is 5.32 Å². The van der Waals surface area contributed by atoms with Gasteiger partial charge in [0.25, 0.3) is 5.91 Å². The molecule has 1 saturated carbocycles. The Balaban J connectivity index is 1.83. The van der Waals surface area contributed by atoms with Crippen LogP contribution in [-0.4, -0.2) is 46.2 Å². The third kappa shape index (κ3) is 4.76. The molecule has 0 spiro atoms. The van der Waals surface area contributed by atoms with Gasteiger partial charge in [-0.1, -0.05) is 0 Å². The van der Waals surface area contributed by atoms with Crippen molar-refractivity contribution in [1.29, 1.82) is 0 Å². The Morgan fingerprint density at radius 2 is 1.88 bits per heavy atom. The molecule has 1 heterocycles. The van der Waals surface area contributed by atoms with E-state index in [1.54, 1.807) is 0 Å². The highest BCUT2D eigenvalue weighted by Gasteiger charge is 2.29. The largest absolute Gasteiger partial charge is 0.444 e. The SMILES string of the molecule is CN(C(=O)c1cccn1C)C1CCC(NC(=O)OC(C)(C)C)CC1. The molecule has 134 valence electrons. The van der Waals surface area contributed by atoms with Crippen molar-refractivity contribution in [1.82, 2.24) is 14.8 Å². The standard InChI is InChI=1S/C18H29N3O3/c1-18(2,3)24-17(23)19-13-8-10-14(11-9-13)21(5)16(22)15-7-6-12-20(15)4/h6-7,12-14H,8-11H2,1-5H3,(H,19,23). The van der Waals surface area contributed by atoms with Crippen LogP contribution in [0.15, 0.2) is 18.3 Å². The fourth-order valence-corrected chi connectivity index (χ4v) is 3.11. The molecule has 1 fully saturated rings. The van der Waals surface area contributed by atoms with Crippen LogP contribution in [-0.2, 0) is 11.8 Å². The summed E-state index contributed by atoms with van der Waals surface area (Å²) in [5.74, 6) is 0.0473. The smallest absolute Gasteiger partial charge is 0.407 e. The maximum Gasteiger partial charge on any atom is 0.407 e. The van der Waals surface area contributed by atoms with E-state index in [9.17, 15) is 9.59 Å². The summed E-state index contributed by atoms with van der Waals surface area (Å²) in [6.45, 7) is 5.56. The van der Waals surface area contributed by atoms with Gasteiger partial charge in [0.05, 0.1) is 0 Å². The number of carbonyl (C=O) groups is 2. The van der Waals surface area contributed by atoms with Crippen LogP contribution in [0.5, 0.6) is 0 Å². The molecule has 6 heteroatoms. The molecule has 0 bridgehead atoms. The molecule has 1 aliphatic carbocycles. The Morgan fingerprint density at radius 1 is 1.25 bits per heavy atom. The third-order valence-electron chi connectivity index (χ3n) is 4.45. The molecule has 6 nitrogen and oxygen atoms in total. The maximum absolute atomic E-state index is 12.6. The normalized spacial score (nSPS) is 21.2. The minimum atomic E-state index is -0.483. The third-order valence-corrected chi connectivity index (χ3v) is 4.45. The van der Waals surface area contributed by atoms with Crippen molar-refractivity contribution in [2.45, 2.75) is 64.1 Å². The van der Waals surface area contributed by atoms with Crippen LogP contribution >= 0.6 is 0 Å². The van der Waals surface area contributed by atoms with E-state index in [1.807, 2.05) is 62.7 Å². The number of rotatable bonds is 3. The van der Waals surface area contributed by atoms with Gasteiger partial charge in [0.2, 0.25) is 0 Å². The predicted octanol–water partition coefficient (Wildman–Crippen LogP) is 2.93. The minimum absolute atomic E-state index is 0.0473. The van der Waals surface area contributed by atoms with Crippen LogP contribution in [0.25, 0.3) is 0 Å². The molecule has 0 unspecified atom stereocenters. The van der Waals surface area contributed by atoms with Crippen molar-refractivity contribution in [3.05, 3.63) is 24.0 Å². The summed E-state index contributed by atoms with van der Waals surface area (Å²) in [5.41, 5.74) is 0.217. The number of hydrogen-bond donors (Lipinski definition) is 1. The zero-order chi connectivity index (χ0) is 17.9. The van der Waals surface area contributed by atoms with Gasteiger partial charge in [0.15, 0.2) is 0 Å². The van der Waals surface area contributed by atoms with Gasteiger partial charge in [0.1, 0.15) is 11.3 Å². The fraction of sp³-hybridized carbons (Fsp3) is 0.667. The topological polar surface area (TPSA) is 63.6 Å². The van der Waals surface area contributed by atoms with Crippen molar-refractivity contribution >= 4 is 12.0 Å². The first-order chi connectivity index (χ1) is 11.2. The number of nitrogens with one attached hydrogen (secondary N) is 1. The summed E-state index contributed by atoms with van der Waals surface area (Å²) in [7, 11) is 3.74. The predicted molar refractivity (Wildman–Crippen MR) is 92.9 cm³/mol. The molecule has 1 aliphatic rings. The molecule has 1 aromatic rings. The van der Waals surface area contributed by atoms with E-state index in [2.05, 4.69) is 5.32 Å². The first-order valence-corrected chi connectivity index (χ1v) is 8.55. The molecule has 24 heavy (non-hydrogen) atoms. The summed E-state index contributed by atoms with van der Waals surface area (Å²) in [6.07, 6.45) is 4.99. The molecule has 0 atom stereocenters. The molecule has 0 radical (unpaired) electrons. The molecule has 2 amide bonds. The molecule has 2 rings (SSSR count). The highest BCUT2D eigenvalue weighted by atomic mass is 16.6. The van der Waals surface area contributed by atoms with Crippen LogP contribution in [0.4, 0.5) is 4.79 Å². The molecule has 0 saturated heterocycles. The average Bonchev–Trinajstić information content (AvgIpc) is 2.90. The van der Waals surface area contributed by atoms with E-state index >= 15 is 0 Å². The minimum Gasteiger partial charge on any atom is -0.444 e. The molecule has 0 aromatic carbocycles. The number of aryl methyl sites for hydroxylation is 1. The van der Waals surface area contributed by atoms with Gasteiger partial charge in [-0.3, -0.25) is 4.79 Å². The molecular weight excluding hydrogens is 306 g/mol. The summed E-state index contributed by atoms with van der Waals surface area (Å²) in [4.78, 5) is 26.2. The van der Waals surface area contributed by atoms with E-state index in [0.717, 1.165) is 25.7 Å². The first-order valence-electron chi connectivity index (χ1n) is 8.55. The lowest BCUT2D eigenvalue weighted by Gasteiger charge is -2.35. The van der Waals surface area contributed by atoms with Crippen molar-refractivity contribution in [2.24, 2.45) is 7.05 Å². The molecule has 1 aromatic heterocycles. The van der Waals surface area contributed by atoms with Crippen molar-refractivity contribution in [2.75, 3.05) is 7.05 Å². The maximum atomic E-state index is 12.6. The van der Waals surface area contributed by atoms with Crippen LogP contribution in [0.2, 0.25) is 0 Å². The lowest BCUT2D eigenvalue weighted by atomic mass is 9.90. The lowest BCUT2D eigenvalue weighted by molar-refractivity contribution is 0.0468. The number of carbonyl (C=O) groups excluding carboxylic acids is 2. The van der Waals surface area contributed by atoms with Crippen LogP contribution in [0.3, 0.4) is 0 Å². The van der Waals surface area contributed by atoms with Gasteiger partial charge in [-0.25, -0.2) is 4.79 Å². The number of amides is 2. The summed E-state index contributed by atoms with van der Waals surface area (Å²) >= 11 is 0. The zero-order valence-corrected chi connectivity index (χ0v) is 15.3. The summed E-state index contributed by atoms with van der Waals surface area (Å²) in [6, 6.07) is 4.05. The Labute approximate surface area is 144 Å². The number of ether oxygens (including phenoxy) is 1. The Hall–Kier alpha value is -1.98. The number of alkyl carbamates (subject to hydrolysis) is 1. The molecular formula is C18H29N3O3. The van der Waals surface area contributed by atoms with Gasteiger partial charge < -0.3 is 19.5 Å². The van der Waals surface area contributed by atoms with Crippen molar-refractivity contribution in [3.8, 4) is 0 Å². The quantitative estimate of drug-likeness (QED) is 0.924. The second-order valence-electron chi connectivity index (χ2n) is 7.57. The fourth-order valence-electron chi connectivity index (χ4n) is 3.11. The van der Waals surface area contributed by atoms with Gasteiger partial charge in [0, 0.05) is 32.4 Å². The van der Waals surface area contributed by atoms with Gasteiger partial charge >= 0.3 is 6.09 Å². The Bertz CT molecular complexity index is 581. The van der Waals surface area contributed by atoms with Crippen molar-refractivity contribution < 1.29 is 14.3 Å². The average molecular weight is 335 g/mol. The Morgan fingerprint density at radius 3 is 2.38 bits per heavy atom. The number of aromatic nitrogens is 1. The van der Waals surface area contributed by atoms with E-state index in [0.29, 0.717) is 5.69 Å². The molecule has 0 aliphatic heterocycles. The monoisotopic (exact) mass is 335 g/mol. The van der Waals surface area contributed by atoms with Gasteiger partial charge in [-0.05, 0) is 58.6 Å². The summed E-state index contributed by atoms with van der Waals surface area (Å²) < 4.78 is 7.14. The summed E-state index contributed by atoms with van der Waals surface area (Å²) in [5, 5.41) is 2.93. The van der Waals surface area contributed by atoms with Gasteiger partial charge in [-0.15, -0.1) is 0 Å². The number of nitrogens with zero attached hydrogens (tertiary/aromatic N) is 2. The van der Waals surface area contributed by atoms with Crippen molar-refractivity contribution in [3.63, 3.8) is 0 Å². The number of hydrogen-bond acceptors (Lipinski definition) is 3. The second kappa shape index (κ2) is 7.28. The molecule has 1 N–H and O–H groups in total. The van der Waals surface area contributed by atoms with Gasteiger partial charge in [-0.2, -0.15) is 0 Å². The lowest BCUT2D eigenvalue weighted by Crippen LogP contribution is -2.45.